The molecule has 2 atom stereocenters. The molecule has 4 heteroatoms. The summed E-state index contributed by atoms with van der Waals surface area (Å²) in [6, 6.07) is 6.88. The molecule has 19 heavy (non-hydrogen) atoms. The highest BCUT2D eigenvalue weighted by molar-refractivity contribution is 7.20. The van der Waals surface area contributed by atoms with Crippen molar-refractivity contribution in [3.8, 4) is 0 Å². The number of benzene rings is 1. The van der Waals surface area contributed by atoms with E-state index in [9.17, 15) is 9.18 Å². The number of nitrogens with one attached hydrogen (secondary N) is 1. The molecule has 1 aromatic heterocycles. The molecular weight excluding hydrogens is 261 g/mol. The number of thiophene rings is 1. The van der Waals surface area contributed by atoms with Crippen molar-refractivity contribution in [1.82, 2.24) is 5.32 Å². The third-order valence-electron chi connectivity index (χ3n) is 3.76. The van der Waals surface area contributed by atoms with Gasteiger partial charge in [0.2, 0.25) is 0 Å². The summed E-state index contributed by atoms with van der Waals surface area (Å²) < 4.78 is 14.4. The second kappa shape index (κ2) is 4.93. The van der Waals surface area contributed by atoms with E-state index in [1.54, 1.807) is 12.1 Å². The number of rotatable bonds is 2. The topological polar surface area (TPSA) is 29.1 Å². The van der Waals surface area contributed by atoms with Crippen LogP contribution in [-0.2, 0) is 0 Å². The van der Waals surface area contributed by atoms with Crippen LogP contribution in [0, 0.1) is 11.7 Å². The zero-order valence-corrected chi connectivity index (χ0v) is 11.6. The number of fused-ring (bicyclic) bond motifs is 1. The zero-order chi connectivity index (χ0) is 13.4. The van der Waals surface area contributed by atoms with Crippen LogP contribution in [0.1, 0.15) is 35.9 Å². The average molecular weight is 277 g/mol. The van der Waals surface area contributed by atoms with Crippen molar-refractivity contribution in [3.05, 3.63) is 35.0 Å². The van der Waals surface area contributed by atoms with Crippen molar-refractivity contribution in [2.24, 2.45) is 5.92 Å². The van der Waals surface area contributed by atoms with Crippen molar-refractivity contribution in [2.45, 2.75) is 32.2 Å². The number of carbonyl (C=O) groups excluding carboxylic acids is 1. The van der Waals surface area contributed by atoms with Gasteiger partial charge in [0.1, 0.15) is 5.82 Å². The van der Waals surface area contributed by atoms with Gasteiger partial charge in [-0.15, -0.1) is 11.3 Å². The van der Waals surface area contributed by atoms with E-state index < -0.39 is 0 Å². The summed E-state index contributed by atoms with van der Waals surface area (Å²) in [7, 11) is 0. The van der Waals surface area contributed by atoms with Gasteiger partial charge >= 0.3 is 0 Å². The summed E-state index contributed by atoms with van der Waals surface area (Å²) in [5.41, 5.74) is 0. The Morgan fingerprint density at radius 3 is 2.95 bits per heavy atom. The highest BCUT2D eigenvalue weighted by atomic mass is 32.1. The van der Waals surface area contributed by atoms with Crippen molar-refractivity contribution in [1.29, 1.82) is 0 Å². The Hall–Kier alpha value is -1.42. The lowest BCUT2D eigenvalue weighted by molar-refractivity contribution is 0.0941. The summed E-state index contributed by atoms with van der Waals surface area (Å²) in [5, 5.41) is 3.59. The third kappa shape index (κ3) is 2.50. The maximum atomic E-state index is 13.6. The van der Waals surface area contributed by atoms with E-state index >= 15 is 0 Å². The summed E-state index contributed by atoms with van der Waals surface area (Å²) in [4.78, 5) is 12.8. The first-order valence-electron chi connectivity index (χ1n) is 6.62. The van der Waals surface area contributed by atoms with Crippen LogP contribution in [0.25, 0.3) is 10.1 Å². The molecule has 0 radical (unpaired) electrons. The van der Waals surface area contributed by atoms with Gasteiger partial charge in [-0.25, -0.2) is 4.39 Å². The lowest BCUT2D eigenvalue weighted by atomic mass is 10.1. The fraction of sp³-hybridized carbons (Fsp3) is 0.400. The van der Waals surface area contributed by atoms with Crippen LogP contribution in [-0.4, -0.2) is 11.9 Å². The third-order valence-corrected chi connectivity index (χ3v) is 4.86. The Bertz CT molecular complexity index is 622. The molecule has 0 spiro atoms. The maximum Gasteiger partial charge on any atom is 0.261 e. The fourth-order valence-corrected chi connectivity index (χ4v) is 3.71. The molecule has 1 aliphatic carbocycles. The first kappa shape index (κ1) is 12.6. The van der Waals surface area contributed by atoms with Gasteiger partial charge in [0.15, 0.2) is 0 Å². The van der Waals surface area contributed by atoms with Gasteiger partial charge in [0.25, 0.3) is 5.91 Å². The zero-order valence-electron chi connectivity index (χ0n) is 10.8. The molecule has 2 nitrogen and oxygen atoms in total. The molecule has 1 amide bonds. The molecule has 0 saturated heterocycles. The molecule has 1 aromatic carbocycles. The SMILES string of the molecule is CC1CCC(NC(=O)c2cc3c(F)cccc3s2)C1. The Kier molecular flexibility index (Phi) is 3.27. The Morgan fingerprint density at radius 1 is 1.42 bits per heavy atom. The Labute approximate surface area is 115 Å². The predicted octanol–water partition coefficient (Wildman–Crippen LogP) is 3.96. The smallest absolute Gasteiger partial charge is 0.261 e. The quantitative estimate of drug-likeness (QED) is 0.884. The number of halogens is 1. The van der Waals surface area contributed by atoms with E-state index in [1.165, 1.54) is 23.8 Å². The number of hydrogen-bond donors (Lipinski definition) is 1. The molecule has 1 N–H and O–H groups in total. The average Bonchev–Trinajstić information content (AvgIpc) is 2.96. The molecule has 1 saturated carbocycles. The standard InChI is InChI=1S/C15H16FNOS/c1-9-5-6-10(7-9)17-15(18)14-8-11-12(16)3-2-4-13(11)19-14/h2-4,8-10H,5-7H2,1H3,(H,17,18). The van der Waals surface area contributed by atoms with Crippen LogP contribution in [0.3, 0.4) is 0 Å². The molecule has 100 valence electrons. The van der Waals surface area contributed by atoms with Crippen LogP contribution in [0.5, 0.6) is 0 Å². The van der Waals surface area contributed by atoms with Gasteiger partial charge in [-0.05, 0) is 43.4 Å². The van der Waals surface area contributed by atoms with Crippen LogP contribution >= 0.6 is 11.3 Å². The van der Waals surface area contributed by atoms with Crippen molar-refractivity contribution < 1.29 is 9.18 Å². The Balaban J connectivity index is 1.80. The van der Waals surface area contributed by atoms with E-state index in [4.69, 9.17) is 0 Å². The lowest BCUT2D eigenvalue weighted by Gasteiger charge is -2.11. The maximum absolute atomic E-state index is 13.6. The van der Waals surface area contributed by atoms with Crippen molar-refractivity contribution in [2.75, 3.05) is 0 Å². The number of carbonyl (C=O) groups is 1. The van der Waals surface area contributed by atoms with Gasteiger partial charge in [0.05, 0.1) is 4.88 Å². The van der Waals surface area contributed by atoms with Gasteiger partial charge in [0, 0.05) is 16.1 Å². The normalized spacial score (nSPS) is 22.8. The highest BCUT2D eigenvalue weighted by Gasteiger charge is 2.23. The predicted molar refractivity (Wildman–Crippen MR) is 76.1 cm³/mol. The molecule has 1 heterocycles. The lowest BCUT2D eigenvalue weighted by Crippen LogP contribution is -2.32. The number of hydrogen-bond acceptors (Lipinski definition) is 2. The summed E-state index contributed by atoms with van der Waals surface area (Å²) in [6.45, 7) is 2.21. The molecule has 2 aromatic rings. The van der Waals surface area contributed by atoms with E-state index in [0.717, 1.165) is 17.5 Å². The highest BCUT2D eigenvalue weighted by Crippen LogP contribution is 2.29. The summed E-state index contributed by atoms with van der Waals surface area (Å²) in [6.07, 6.45) is 3.27. The molecular formula is C15H16FNOS. The molecule has 1 aliphatic rings. The second-order valence-corrected chi connectivity index (χ2v) is 6.43. The van der Waals surface area contributed by atoms with Crippen LogP contribution in [0.4, 0.5) is 4.39 Å². The second-order valence-electron chi connectivity index (χ2n) is 5.35. The van der Waals surface area contributed by atoms with Gasteiger partial charge in [-0.2, -0.15) is 0 Å². The fourth-order valence-electron chi connectivity index (χ4n) is 2.73. The summed E-state index contributed by atoms with van der Waals surface area (Å²) >= 11 is 1.35. The van der Waals surface area contributed by atoms with Crippen LogP contribution in [0.2, 0.25) is 0 Å². The monoisotopic (exact) mass is 277 g/mol. The van der Waals surface area contributed by atoms with E-state index in [2.05, 4.69) is 12.2 Å². The van der Waals surface area contributed by atoms with Gasteiger partial charge in [-0.1, -0.05) is 13.0 Å². The molecule has 0 aliphatic heterocycles. The van der Waals surface area contributed by atoms with Crippen molar-refractivity contribution >= 4 is 27.3 Å². The molecule has 3 rings (SSSR count). The largest absolute Gasteiger partial charge is 0.349 e. The van der Waals surface area contributed by atoms with Crippen LogP contribution < -0.4 is 5.32 Å². The first-order valence-corrected chi connectivity index (χ1v) is 7.44. The van der Waals surface area contributed by atoms with Crippen molar-refractivity contribution in [3.63, 3.8) is 0 Å². The van der Waals surface area contributed by atoms with Crippen LogP contribution in [0.15, 0.2) is 24.3 Å². The summed E-state index contributed by atoms with van der Waals surface area (Å²) in [5.74, 6) is 0.354. The first-order chi connectivity index (χ1) is 9.13. The molecule has 0 bridgehead atoms. The Morgan fingerprint density at radius 2 is 2.26 bits per heavy atom. The number of amides is 1. The van der Waals surface area contributed by atoms with E-state index in [0.29, 0.717) is 16.2 Å². The van der Waals surface area contributed by atoms with E-state index in [-0.39, 0.29) is 17.8 Å². The minimum atomic E-state index is -0.262. The van der Waals surface area contributed by atoms with Gasteiger partial charge in [-0.3, -0.25) is 4.79 Å². The minimum Gasteiger partial charge on any atom is -0.349 e. The minimum absolute atomic E-state index is 0.0697. The molecule has 2 unspecified atom stereocenters. The molecule has 1 fully saturated rings. The van der Waals surface area contributed by atoms with E-state index in [1.807, 2.05) is 6.07 Å². The van der Waals surface area contributed by atoms with Gasteiger partial charge < -0.3 is 5.32 Å².